The lowest BCUT2D eigenvalue weighted by Crippen LogP contribution is -2.35. The Morgan fingerprint density at radius 1 is 0.900 bits per heavy atom. The van der Waals surface area contributed by atoms with Gasteiger partial charge in [-0.25, -0.2) is 0 Å². The van der Waals surface area contributed by atoms with Gasteiger partial charge in [-0.3, -0.25) is 14.4 Å². The molecule has 0 heterocycles. The van der Waals surface area contributed by atoms with Crippen LogP contribution in [0, 0.1) is 0 Å². The average Bonchev–Trinajstić information content (AvgIpc) is 2.76. The highest BCUT2D eigenvalue weighted by molar-refractivity contribution is 5.98. The number of carbonyl (C=O) groups excluding carboxylic acids is 3. The summed E-state index contributed by atoms with van der Waals surface area (Å²) in [7, 11) is 4.44. The Bertz CT molecular complexity index is 892. The summed E-state index contributed by atoms with van der Waals surface area (Å²) in [5.41, 5.74) is 0.755. The van der Waals surface area contributed by atoms with E-state index >= 15 is 0 Å². The molecule has 0 bridgehead atoms. The van der Waals surface area contributed by atoms with Gasteiger partial charge in [0, 0.05) is 23.4 Å². The lowest BCUT2D eigenvalue weighted by molar-refractivity contribution is -0.152. The average molecular weight is 416 g/mol. The molecule has 0 spiro atoms. The third-order valence-electron chi connectivity index (χ3n) is 4.02. The van der Waals surface area contributed by atoms with Gasteiger partial charge in [0.25, 0.3) is 11.8 Å². The third kappa shape index (κ3) is 6.40. The molecule has 2 amide bonds. The molecule has 9 heteroatoms. The first kappa shape index (κ1) is 22.5. The van der Waals surface area contributed by atoms with Crippen LogP contribution in [0.1, 0.15) is 17.3 Å². The summed E-state index contributed by atoms with van der Waals surface area (Å²) in [6.07, 6.45) is -1.06. The fourth-order valence-corrected chi connectivity index (χ4v) is 2.43. The second-order valence-corrected chi connectivity index (χ2v) is 6.14. The fraction of sp³-hybridized carbons (Fsp3) is 0.286. The van der Waals surface area contributed by atoms with Gasteiger partial charge in [0.2, 0.25) is 0 Å². The molecule has 9 nitrogen and oxygen atoms in total. The van der Waals surface area contributed by atoms with E-state index < -0.39 is 30.4 Å². The number of ether oxygens (including phenoxy) is 4. The first-order valence-corrected chi connectivity index (χ1v) is 9.02. The van der Waals surface area contributed by atoms with Crippen molar-refractivity contribution < 1.29 is 33.3 Å². The molecule has 2 aromatic rings. The van der Waals surface area contributed by atoms with Crippen LogP contribution in [-0.4, -0.2) is 51.8 Å². The van der Waals surface area contributed by atoms with E-state index in [4.69, 9.17) is 18.9 Å². The summed E-state index contributed by atoms with van der Waals surface area (Å²) >= 11 is 0. The molecule has 0 fully saturated rings. The highest BCUT2D eigenvalue weighted by atomic mass is 16.5. The standard InChI is InChI=1S/C21H24N2O7/c1-13(20(25)23-15-6-5-7-16(10-15)27-2)30-19(24)12-22-21(26)14-8-17(28-3)11-18(9-14)29-4/h5-11,13H,12H2,1-4H3,(H,22,26)(H,23,25)/t13-/m0/s1. The fourth-order valence-electron chi connectivity index (χ4n) is 2.43. The van der Waals surface area contributed by atoms with Gasteiger partial charge in [-0.1, -0.05) is 6.07 Å². The minimum absolute atomic E-state index is 0.253. The first-order chi connectivity index (χ1) is 14.4. The summed E-state index contributed by atoms with van der Waals surface area (Å²) in [6.45, 7) is 1.03. The summed E-state index contributed by atoms with van der Waals surface area (Å²) < 4.78 is 20.4. The molecule has 0 aliphatic heterocycles. The molecule has 2 aromatic carbocycles. The van der Waals surface area contributed by atoms with E-state index in [-0.39, 0.29) is 5.56 Å². The lowest BCUT2D eigenvalue weighted by atomic mass is 10.2. The van der Waals surface area contributed by atoms with Crippen molar-refractivity contribution in [2.24, 2.45) is 0 Å². The molecule has 0 saturated carbocycles. The van der Waals surface area contributed by atoms with Gasteiger partial charge in [-0.05, 0) is 31.2 Å². The molecule has 0 aliphatic rings. The predicted octanol–water partition coefficient (Wildman–Crippen LogP) is 2.01. The molecule has 2 N–H and O–H groups in total. The van der Waals surface area contributed by atoms with Crippen molar-refractivity contribution in [2.45, 2.75) is 13.0 Å². The number of amides is 2. The molecular weight excluding hydrogens is 392 g/mol. The van der Waals surface area contributed by atoms with E-state index in [1.807, 2.05) is 0 Å². The molecule has 0 unspecified atom stereocenters. The van der Waals surface area contributed by atoms with E-state index in [0.29, 0.717) is 22.9 Å². The maximum Gasteiger partial charge on any atom is 0.326 e. The van der Waals surface area contributed by atoms with Gasteiger partial charge >= 0.3 is 5.97 Å². The maximum atomic E-state index is 12.3. The van der Waals surface area contributed by atoms with Crippen LogP contribution in [0.15, 0.2) is 42.5 Å². The third-order valence-corrected chi connectivity index (χ3v) is 4.02. The van der Waals surface area contributed by atoms with E-state index in [0.717, 1.165) is 0 Å². The van der Waals surface area contributed by atoms with Crippen molar-refractivity contribution in [1.29, 1.82) is 0 Å². The van der Waals surface area contributed by atoms with Gasteiger partial charge in [0.05, 0.1) is 21.3 Å². The van der Waals surface area contributed by atoms with Crippen molar-refractivity contribution in [3.05, 3.63) is 48.0 Å². The summed E-state index contributed by atoms with van der Waals surface area (Å²) in [5.74, 6) is -0.339. The molecule has 2 rings (SSSR count). The lowest BCUT2D eigenvalue weighted by Gasteiger charge is -2.14. The van der Waals surface area contributed by atoms with Crippen LogP contribution in [0.2, 0.25) is 0 Å². The zero-order valence-electron chi connectivity index (χ0n) is 17.2. The molecule has 0 aromatic heterocycles. The van der Waals surface area contributed by atoms with Crippen molar-refractivity contribution in [3.63, 3.8) is 0 Å². The van der Waals surface area contributed by atoms with Gasteiger partial charge in [0.1, 0.15) is 23.8 Å². The van der Waals surface area contributed by atoms with Gasteiger partial charge < -0.3 is 29.6 Å². The second kappa shape index (κ2) is 10.7. The van der Waals surface area contributed by atoms with Crippen LogP contribution in [0.5, 0.6) is 17.2 Å². The van der Waals surface area contributed by atoms with E-state index in [2.05, 4.69) is 10.6 Å². The Morgan fingerprint density at radius 2 is 1.53 bits per heavy atom. The molecule has 0 aliphatic carbocycles. The van der Waals surface area contributed by atoms with Crippen LogP contribution in [0.25, 0.3) is 0 Å². The summed E-state index contributed by atoms with van der Waals surface area (Å²) in [6, 6.07) is 11.4. The minimum Gasteiger partial charge on any atom is -0.497 e. The number of anilines is 1. The van der Waals surface area contributed by atoms with E-state index in [9.17, 15) is 14.4 Å². The van der Waals surface area contributed by atoms with Crippen molar-refractivity contribution in [3.8, 4) is 17.2 Å². The number of nitrogens with one attached hydrogen (secondary N) is 2. The van der Waals surface area contributed by atoms with Gasteiger partial charge in [-0.15, -0.1) is 0 Å². The summed E-state index contributed by atoms with van der Waals surface area (Å²) in [5, 5.41) is 5.06. The quantitative estimate of drug-likeness (QED) is 0.602. The minimum atomic E-state index is -1.06. The molecule has 1 atom stereocenters. The normalized spacial score (nSPS) is 11.1. The first-order valence-electron chi connectivity index (χ1n) is 9.02. The SMILES string of the molecule is COc1cccc(NC(=O)[C@H](C)OC(=O)CNC(=O)c2cc(OC)cc(OC)c2)c1. The number of methoxy groups -OCH3 is 3. The van der Waals surface area contributed by atoms with Gasteiger partial charge in [-0.2, -0.15) is 0 Å². The van der Waals surface area contributed by atoms with Crippen LogP contribution < -0.4 is 24.8 Å². The highest BCUT2D eigenvalue weighted by Crippen LogP contribution is 2.22. The Labute approximate surface area is 174 Å². The second-order valence-electron chi connectivity index (χ2n) is 6.14. The number of hydrogen-bond acceptors (Lipinski definition) is 7. The van der Waals surface area contributed by atoms with E-state index in [1.165, 1.54) is 40.4 Å². The Kier molecular flexibility index (Phi) is 8.04. The number of benzene rings is 2. The topological polar surface area (TPSA) is 112 Å². The Morgan fingerprint density at radius 3 is 2.13 bits per heavy atom. The van der Waals surface area contributed by atoms with E-state index in [1.54, 1.807) is 30.3 Å². The maximum absolute atomic E-state index is 12.3. The largest absolute Gasteiger partial charge is 0.497 e. The highest BCUT2D eigenvalue weighted by Gasteiger charge is 2.19. The molecule has 0 saturated heterocycles. The van der Waals surface area contributed by atoms with Crippen molar-refractivity contribution >= 4 is 23.5 Å². The summed E-state index contributed by atoms with van der Waals surface area (Å²) in [4.78, 5) is 36.5. The number of esters is 1. The van der Waals surface area contributed by atoms with Crippen molar-refractivity contribution in [2.75, 3.05) is 33.2 Å². The molecule has 160 valence electrons. The van der Waals surface area contributed by atoms with Crippen LogP contribution in [-0.2, 0) is 14.3 Å². The zero-order chi connectivity index (χ0) is 22.1. The van der Waals surface area contributed by atoms with Crippen LogP contribution in [0.4, 0.5) is 5.69 Å². The number of hydrogen-bond donors (Lipinski definition) is 2. The molecule has 0 radical (unpaired) electrons. The Balaban J connectivity index is 1.87. The molecular formula is C21H24N2O7. The number of carbonyl (C=O) groups is 3. The number of rotatable bonds is 9. The Hall–Kier alpha value is -3.75. The van der Waals surface area contributed by atoms with Crippen molar-refractivity contribution in [1.82, 2.24) is 5.32 Å². The van der Waals surface area contributed by atoms with Crippen LogP contribution >= 0.6 is 0 Å². The monoisotopic (exact) mass is 416 g/mol. The van der Waals surface area contributed by atoms with Gasteiger partial charge in [0.15, 0.2) is 6.10 Å². The van der Waals surface area contributed by atoms with Crippen LogP contribution in [0.3, 0.4) is 0 Å². The smallest absolute Gasteiger partial charge is 0.326 e. The zero-order valence-corrected chi connectivity index (χ0v) is 17.2. The predicted molar refractivity (Wildman–Crippen MR) is 109 cm³/mol. The molecule has 30 heavy (non-hydrogen) atoms.